The SMILES string of the molecule is Cc1ccc(N(CC(=O)NCCOc2ccc(C)cc2C)S(=O)(=O)c2ccc(F)cc2)cc1. The average Bonchev–Trinajstić information content (AvgIpc) is 2.77. The summed E-state index contributed by atoms with van der Waals surface area (Å²) in [6.07, 6.45) is 0. The topological polar surface area (TPSA) is 75.7 Å². The zero-order valence-electron chi connectivity index (χ0n) is 18.8. The van der Waals surface area contributed by atoms with Crippen molar-refractivity contribution in [2.45, 2.75) is 25.7 Å². The summed E-state index contributed by atoms with van der Waals surface area (Å²) in [6, 6.07) is 17.1. The van der Waals surface area contributed by atoms with Crippen LogP contribution in [-0.4, -0.2) is 34.0 Å². The Balaban J connectivity index is 1.69. The lowest BCUT2D eigenvalue weighted by Gasteiger charge is -2.24. The standard InChI is InChI=1S/C25H27FN2O4S/c1-18-4-9-22(10-5-18)28(33(30,31)23-11-7-21(26)8-12-23)17-25(29)27-14-15-32-24-13-6-19(2)16-20(24)3/h4-13,16H,14-15,17H2,1-3H3,(H,27,29). The number of anilines is 1. The van der Waals surface area contributed by atoms with Crippen molar-refractivity contribution in [2.24, 2.45) is 0 Å². The molecule has 0 aliphatic rings. The minimum Gasteiger partial charge on any atom is -0.491 e. The van der Waals surface area contributed by atoms with E-state index in [-0.39, 0.29) is 18.0 Å². The van der Waals surface area contributed by atoms with Gasteiger partial charge in [0.15, 0.2) is 0 Å². The van der Waals surface area contributed by atoms with E-state index in [4.69, 9.17) is 4.74 Å². The molecule has 0 saturated heterocycles. The number of nitrogens with one attached hydrogen (secondary N) is 1. The molecule has 6 nitrogen and oxygen atoms in total. The van der Waals surface area contributed by atoms with Crippen molar-refractivity contribution in [3.05, 3.63) is 89.2 Å². The molecule has 0 aliphatic heterocycles. The maximum atomic E-state index is 13.3. The summed E-state index contributed by atoms with van der Waals surface area (Å²) in [6.45, 7) is 5.85. The van der Waals surface area contributed by atoms with E-state index in [1.54, 1.807) is 24.3 Å². The van der Waals surface area contributed by atoms with Gasteiger partial charge in [0.1, 0.15) is 24.7 Å². The van der Waals surface area contributed by atoms with Gasteiger partial charge >= 0.3 is 0 Å². The van der Waals surface area contributed by atoms with Crippen molar-refractivity contribution >= 4 is 21.6 Å². The predicted molar refractivity (Wildman–Crippen MR) is 127 cm³/mol. The summed E-state index contributed by atoms with van der Waals surface area (Å²) in [5.41, 5.74) is 3.42. The fourth-order valence-corrected chi connectivity index (χ4v) is 4.68. The molecule has 3 aromatic rings. The Hall–Kier alpha value is -3.39. The first-order valence-corrected chi connectivity index (χ1v) is 11.9. The van der Waals surface area contributed by atoms with Crippen molar-refractivity contribution < 1.29 is 22.3 Å². The number of hydrogen-bond donors (Lipinski definition) is 1. The van der Waals surface area contributed by atoms with Crippen LogP contribution in [0.15, 0.2) is 71.6 Å². The summed E-state index contributed by atoms with van der Waals surface area (Å²) in [5, 5.41) is 2.70. The van der Waals surface area contributed by atoms with Gasteiger partial charge in [-0.2, -0.15) is 0 Å². The summed E-state index contributed by atoms with van der Waals surface area (Å²) in [5.74, 6) is -0.294. The Morgan fingerprint density at radius 2 is 1.58 bits per heavy atom. The Morgan fingerprint density at radius 1 is 0.939 bits per heavy atom. The van der Waals surface area contributed by atoms with Gasteiger partial charge in [-0.1, -0.05) is 35.4 Å². The van der Waals surface area contributed by atoms with Crippen LogP contribution in [0.5, 0.6) is 5.75 Å². The number of nitrogens with zero attached hydrogens (tertiary/aromatic N) is 1. The van der Waals surface area contributed by atoms with Gasteiger partial charge in [0, 0.05) is 0 Å². The van der Waals surface area contributed by atoms with Crippen LogP contribution in [0.25, 0.3) is 0 Å². The van der Waals surface area contributed by atoms with Crippen molar-refractivity contribution in [1.82, 2.24) is 5.32 Å². The van der Waals surface area contributed by atoms with Gasteiger partial charge in [0.05, 0.1) is 17.1 Å². The number of amides is 1. The molecule has 0 bridgehead atoms. The monoisotopic (exact) mass is 470 g/mol. The van der Waals surface area contributed by atoms with E-state index in [0.717, 1.165) is 38.9 Å². The van der Waals surface area contributed by atoms with Crippen LogP contribution in [0.4, 0.5) is 10.1 Å². The number of sulfonamides is 1. The van der Waals surface area contributed by atoms with Crippen LogP contribution < -0.4 is 14.4 Å². The molecule has 0 heterocycles. The number of ether oxygens (including phenoxy) is 1. The third-order valence-corrected chi connectivity index (χ3v) is 6.81. The highest BCUT2D eigenvalue weighted by atomic mass is 32.2. The molecule has 0 spiro atoms. The Morgan fingerprint density at radius 3 is 2.21 bits per heavy atom. The molecule has 1 amide bonds. The highest BCUT2D eigenvalue weighted by Crippen LogP contribution is 2.24. The Labute approximate surface area is 194 Å². The molecule has 0 saturated carbocycles. The van der Waals surface area contributed by atoms with Gasteiger partial charge < -0.3 is 10.1 Å². The number of aryl methyl sites for hydroxylation is 3. The molecule has 1 N–H and O–H groups in total. The van der Waals surface area contributed by atoms with E-state index in [9.17, 15) is 17.6 Å². The van der Waals surface area contributed by atoms with Crippen LogP contribution in [-0.2, 0) is 14.8 Å². The van der Waals surface area contributed by atoms with E-state index in [1.165, 1.54) is 12.1 Å². The summed E-state index contributed by atoms with van der Waals surface area (Å²) >= 11 is 0. The van der Waals surface area contributed by atoms with Crippen LogP contribution in [0.2, 0.25) is 0 Å². The molecule has 0 unspecified atom stereocenters. The van der Waals surface area contributed by atoms with Crippen LogP contribution in [0.3, 0.4) is 0 Å². The van der Waals surface area contributed by atoms with Crippen molar-refractivity contribution in [1.29, 1.82) is 0 Å². The molecule has 3 aromatic carbocycles. The van der Waals surface area contributed by atoms with Gasteiger partial charge in [-0.25, -0.2) is 12.8 Å². The smallest absolute Gasteiger partial charge is 0.264 e. The molecule has 174 valence electrons. The molecule has 0 radical (unpaired) electrons. The molecule has 0 atom stereocenters. The van der Waals surface area contributed by atoms with E-state index < -0.39 is 28.3 Å². The molecular formula is C25H27FN2O4S. The third-order valence-electron chi connectivity index (χ3n) is 5.02. The second kappa shape index (κ2) is 10.5. The minimum absolute atomic E-state index is 0.101. The second-order valence-electron chi connectivity index (χ2n) is 7.77. The Kier molecular flexibility index (Phi) is 7.71. The lowest BCUT2D eigenvalue weighted by molar-refractivity contribution is -0.119. The van der Waals surface area contributed by atoms with E-state index in [1.807, 2.05) is 39.0 Å². The largest absolute Gasteiger partial charge is 0.491 e. The number of rotatable bonds is 9. The number of hydrogen-bond acceptors (Lipinski definition) is 4. The van der Waals surface area contributed by atoms with Crippen molar-refractivity contribution in [2.75, 3.05) is 24.0 Å². The zero-order chi connectivity index (χ0) is 24.0. The van der Waals surface area contributed by atoms with Crippen LogP contribution in [0, 0.1) is 26.6 Å². The van der Waals surface area contributed by atoms with Crippen molar-refractivity contribution in [3.8, 4) is 5.75 Å². The maximum absolute atomic E-state index is 13.3. The first-order valence-electron chi connectivity index (χ1n) is 10.5. The molecule has 33 heavy (non-hydrogen) atoms. The van der Waals surface area contributed by atoms with E-state index in [2.05, 4.69) is 5.32 Å². The number of carbonyl (C=O) groups is 1. The van der Waals surface area contributed by atoms with E-state index >= 15 is 0 Å². The quantitative estimate of drug-likeness (QED) is 0.477. The maximum Gasteiger partial charge on any atom is 0.264 e. The van der Waals surface area contributed by atoms with E-state index in [0.29, 0.717) is 5.69 Å². The van der Waals surface area contributed by atoms with Gasteiger partial charge in [-0.3, -0.25) is 9.10 Å². The fourth-order valence-electron chi connectivity index (χ4n) is 3.26. The number of carbonyl (C=O) groups excluding carboxylic acids is 1. The van der Waals surface area contributed by atoms with Crippen LogP contribution in [0.1, 0.15) is 16.7 Å². The van der Waals surface area contributed by atoms with Gasteiger partial charge in [0.25, 0.3) is 10.0 Å². The summed E-state index contributed by atoms with van der Waals surface area (Å²) in [7, 11) is -4.09. The molecule has 0 fully saturated rings. The second-order valence-corrected chi connectivity index (χ2v) is 9.63. The minimum atomic E-state index is -4.09. The van der Waals surface area contributed by atoms with Gasteiger partial charge in [-0.15, -0.1) is 0 Å². The predicted octanol–water partition coefficient (Wildman–Crippen LogP) is 4.14. The first kappa shape index (κ1) is 24.3. The average molecular weight is 471 g/mol. The zero-order valence-corrected chi connectivity index (χ0v) is 19.7. The molecule has 0 aliphatic carbocycles. The van der Waals surface area contributed by atoms with Crippen LogP contribution >= 0.6 is 0 Å². The number of halogens is 1. The first-order chi connectivity index (χ1) is 15.7. The Bertz CT molecular complexity index is 1210. The molecule has 8 heteroatoms. The van der Waals surface area contributed by atoms with Gasteiger partial charge in [0.2, 0.25) is 5.91 Å². The molecular weight excluding hydrogens is 443 g/mol. The summed E-state index contributed by atoms with van der Waals surface area (Å²) in [4.78, 5) is 12.5. The van der Waals surface area contributed by atoms with Crippen molar-refractivity contribution in [3.63, 3.8) is 0 Å². The normalized spacial score (nSPS) is 11.2. The molecule has 0 aromatic heterocycles. The fraction of sp³-hybridized carbons (Fsp3) is 0.240. The highest BCUT2D eigenvalue weighted by Gasteiger charge is 2.27. The lowest BCUT2D eigenvalue weighted by Crippen LogP contribution is -2.42. The van der Waals surface area contributed by atoms with Gasteiger partial charge in [-0.05, 0) is 68.8 Å². The highest BCUT2D eigenvalue weighted by molar-refractivity contribution is 7.92. The summed E-state index contributed by atoms with van der Waals surface area (Å²) < 4.78 is 46.5. The number of benzene rings is 3. The third kappa shape index (κ3) is 6.32. The molecule has 3 rings (SSSR count). The lowest BCUT2D eigenvalue weighted by atomic mass is 10.1.